The first-order valence-electron chi connectivity index (χ1n) is 10.5. The molecule has 0 radical (unpaired) electrons. The van der Waals surface area contributed by atoms with Gasteiger partial charge in [-0.05, 0) is 19.3 Å². The van der Waals surface area contributed by atoms with Crippen molar-refractivity contribution in [1.82, 2.24) is 4.57 Å². The van der Waals surface area contributed by atoms with Crippen molar-refractivity contribution in [3.63, 3.8) is 0 Å². The molecule has 0 spiro atoms. The zero-order valence-electron chi connectivity index (χ0n) is 17.5. The summed E-state index contributed by atoms with van der Waals surface area (Å²) in [6.45, 7) is 5.95. The highest BCUT2D eigenvalue weighted by Crippen LogP contribution is 2.28. The van der Waals surface area contributed by atoms with Crippen LogP contribution in [0.2, 0.25) is 10.0 Å². The van der Waals surface area contributed by atoms with Crippen LogP contribution in [-0.2, 0) is 17.9 Å². The van der Waals surface area contributed by atoms with Gasteiger partial charge < -0.3 is 22.1 Å². The molecule has 0 aliphatic rings. The Morgan fingerprint density at radius 1 is 1.00 bits per heavy atom. The van der Waals surface area contributed by atoms with Gasteiger partial charge >= 0.3 is 5.97 Å². The molecule has 0 unspecified atom stereocenters. The standard InChI is InChI=1S/C22H32Cl2N2O2.BrH/c1-3-4-5-6-7-8-9-10-13-25-17(2)26(14-11-12-22(27)28)21-16-19(24)18(23)15-20(21)25;/h15-16H,3-14H2,1-2H3;1H. The Kier molecular flexibility index (Phi) is 12.2. The number of carbonyl (C=O) groups is 1. The van der Waals surface area contributed by atoms with Crippen molar-refractivity contribution in [2.24, 2.45) is 0 Å². The molecule has 2 rings (SSSR count). The summed E-state index contributed by atoms with van der Waals surface area (Å²) < 4.78 is 4.47. The van der Waals surface area contributed by atoms with Crippen LogP contribution in [0.5, 0.6) is 0 Å². The third kappa shape index (κ3) is 7.76. The van der Waals surface area contributed by atoms with Crippen LogP contribution in [0.15, 0.2) is 12.1 Å². The van der Waals surface area contributed by atoms with E-state index < -0.39 is 5.97 Å². The number of aliphatic carboxylic acids is 1. The second-order valence-corrected chi connectivity index (χ2v) is 8.39. The molecule has 0 aliphatic heterocycles. The van der Waals surface area contributed by atoms with E-state index in [1.807, 2.05) is 12.1 Å². The maximum atomic E-state index is 10.9. The number of unbranched alkanes of at least 4 members (excludes halogenated alkanes) is 7. The summed E-state index contributed by atoms with van der Waals surface area (Å²) in [5.74, 6) is 0.365. The number of nitrogens with zero attached hydrogens (tertiary/aromatic N) is 2. The average Bonchev–Trinajstić information content (AvgIpc) is 2.89. The molecule has 164 valence electrons. The molecule has 2 aromatic rings. The maximum Gasteiger partial charge on any atom is 0.303 e. The Morgan fingerprint density at radius 3 is 2.21 bits per heavy atom. The summed E-state index contributed by atoms with van der Waals surface area (Å²) in [5, 5.41) is 10.0. The van der Waals surface area contributed by atoms with Crippen LogP contribution in [0.25, 0.3) is 11.0 Å². The minimum atomic E-state index is -0.762. The number of hydrogen-bond donors (Lipinski definition) is 1. The second-order valence-electron chi connectivity index (χ2n) is 7.58. The van der Waals surface area contributed by atoms with Crippen molar-refractivity contribution in [1.29, 1.82) is 0 Å². The van der Waals surface area contributed by atoms with E-state index in [4.69, 9.17) is 28.3 Å². The number of carboxylic acids is 1. The Balaban J connectivity index is 0.00000420. The summed E-state index contributed by atoms with van der Waals surface area (Å²) in [6.07, 6.45) is 11.1. The first kappa shape index (κ1) is 26.3. The summed E-state index contributed by atoms with van der Waals surface area (Å²) in [5.41, 5.74) is 2.10. The number of carboxylic acid groups (broad SMARTS) is 1. The van der Waals surface area contributed by atoms with Gasteiger partial charge in [0.05, 0.1) is 23.1 Å². The van der Waals surface area contributed by atoms with E-state index in [0.29, 0.717) is 23.0 Å². The number of halogens is 3. The molecular weight excluding hydrogens is 475 g/mol. The van der Waals surface area contributed by atoms with Gasteiger partial charge in [0.2, 0.25) is 0 Å². The van der Waals surface area contributed by atoms with Crippen molar-refractivity contribution in [2.45, 2.75) is 91.1 Å². The zero-order valence-corrected chi connectivity index (χ0v) is 20.6. The SMILES string of the molecule is CCCCCCCCCCn1c(C)[n+](CCCC(=O)O)c2cc(Cl)c(Cl)cc21.[Br-]. The van der Waals surface area contributed by atoms with Crippen molar-refractivity contribution in [2.75, 3.05) is 0 Å². The molecule has 7 heteroatoms. The molecular formula is C22H33BrCl2N2O2. The van der Waals surface area contributed by atoms with E-state index in [0.717, 1.165) is 29.8 Å². The van der Waals surface area contributed by atoms with E-state index in [9.17, 15) is 4.79 Å². The Hall–Kier alpha value is -0.780. The number of hydrogen-bond acceptors (Lipinski definition) is 1. The van der Waals surface area contributed by atoms with Gasteiger partial charge in [0, 0.05) is 25.5 Å². The lowest BCUT2D eigenvalue weighted by molar-refractivity contribution is -0.678. The van der Waals surface area contributed by atoms with Crippen molar-refractivity contribution < 1.29 is 31.4 Å². The number of aromatic nitrogens is 2. The van der Waals surface area contributed by atoms with Gasteiger partial charge in [0.25, 0.3) is 5.82 Å². The fourth-order valence-corrected chi connectivity index (χ4v) is 4.13. The molecule has 4 nitrogen and oxygen atoms in total. The van der Waals surface area contributed by atoms with Gasteiger partial charge in [-0.15, -0.1) is 0 Å². The average molecular weight is 508 g/mol. The van der Waals surface area contributed by atoms with Gasteiger partial charge in [0.1, 0.15) is 0 Å². The van der Waals surface area contributed by atoms with Gasteiger partial charge in [-0.2, -0.15) is 0 Å². The van der Waals surface area contributed by atoms with Gasteiger partial charge in [0.15, 0.2) is 11.0 Å². The summed E-state index contributed by atoms with van der Waals surface area (Å²) >= 11 is 12.5. The van der Waals surface area contributed by atoms with Crippen molar-refractivity contribution in [3.8, 4) is 0 Å². The molecule has 1 aromatic heterocycles. The van der Waals surface area contributed by atoms with E-state index >= 15 is 0 Å². The fourth-order valence-electron chi connectivity index (χ4n) is 3.81. The van der Waals surface area contributed by atoms with E-state index in [1.54, 1.807) is 0 Å². The quantitative estimate of drug-likeness (QED) is 0.333. The highest BCUT2D eigenvalue weighted by atomic mass is 79.9. The minimum Gasteiger partial charge on any atom is -1.00 e. The van der Waals surface area contributed by atoms with Gasteiger partial charge in [-0.25, -0.2) is 9.13 Å². The smallest absolute Gasteiger partial charge is 0.303 e. The number of fused-ring (bicyclic) bond motifs is 1. The summed E-state index contributed by atoms with van der Waals surface area (Å²) in [4.78, 5) is 10.9. The van der Waals surface area contributed by atoms with Crippen LogP contribution in [0.3, 0.4) is 0 Å². The van der Waals surface area contributed by atoms with Crippen LogP contribution in [0.1, 0.15) is 77.0 Å². The molecule has 0 saturated carbocycles. The molecule has 0 bridgehead atoms. The maximum absolute atomic E-state index is 10.9. The number of aryl methyl sites for hydroxylation is 2. The van der Waals surface area contributed by atoms with Crippen molar-refractivity contribution >= 4 is 40.2 Å². The van der Waals surface area contributed by atoms with Crippen LogP contribution in [0, 0.1) is 6.92 Å². The van der Waals surface area contributed by atoms with Gasteiger partial charge in [-0.1, -0.05) is 68.7 Å². The molecule has 1 aromatic carbocycles. The Labute approximate surface area is 195 Å². The largest absolute Gasteiger partial charge is 1.00 e. The van der Waals surface area contributed by atoms with Crippen LogP contribution < -0.4 is 21.5 Å². The fraction of sp³-hybridized carbons (Fsp3) is 0.636. The first-order chi connectivity index (χ1) is 13.5. The summed E-state index contributed by atoms with van der Waals surface area (Å²) in [6, 6.07) is 3.84. The molecule has 0 amide bonds. The third-order valence-corrected chi connectivity index (χ3v) is 6.11. The number of rotatable bonds is 13. The van der Waals surface area contributed by atoms with Crippen molar-refractivity contribution in [3.05, 3.63) is 28.0 Å². The predicted octanol–water partition coefficient (Wildman–Crippen LogP) is 3.55. The first-order valence-corrected chi connectivity index (χ1v) is 11.3. The molecule has 0 saturated heterocycles. The lowest BCUT2D eigenvalue weighted by Crippen LogP contribution is -3.00. The van der Waals surface area contributed by atoms with E-state index in [-0.39, 0.29) is 23.4 Å². The Bertz CT molecular complexity index is 793. The van der Waals surface area contributed by atoms with Crippen LogP contribution in [0.4, 0.5) is 0 Å². The monoisotopic (exact) mass is 506 g/mol. The third-order valence-electron chi connectivity index (χ3n) is 5.39. The number of benzene rings is 1. The molecule has 0 fully saturated rings. The highest BCUT2D eigenvalue weighted by Gasteiger charge is 2.23. The topological polar surface area (TPSA) is 46.1 Å². The summed E-state index contributed by atoms with van der Waals surface area (Å²) in [7, 11) is 0. The van der Waals surface area contributed by atoms with Crippen LogP contribution in [-0.4, -0.2) is 15.6 Å². The van der Waals surface area contributed by atoms with E-state index in [1.165, 1.54) is 44.9 Å². The zero-order chi connectivity index (χ0) is 20.5. The second kappa shape index (κ2) is 13.5. The normalized spacial score (nSPS) is 11.0. The lowest BCUT2D eigenvalue weighted by atomic mass is 10.1. The predicted molar refractivity (Wildman–Crippen MR) is 116 cm³/mol. The molecule has 0 atom stereocenters. The number of imidazole rings is 1. The van der Waals surface area contributed by atoms with Crippen LogP contribution >= 0.6 is 23.2 Å². The highest BCUT2D eigenvalue weighted by molar-refractivity contribution is 6.42. The van der Waals surface area contributed by atoms with Gasteiger partial charge in [-0.3, -0.25) is 4.79 Å². The minimum absolute atomic E-state index is 0. The molecule has 0 aliphatic carbocycles. The molecule has 29 heavy (non-hydrogen) atoms. The molecule has 1 heterocycles. The lowest BCUT2D eigenvalue weighted by Gasteiger charge is -2.03. The van der Waals surface area contributed by atoms with E-state index in [2.05, 4.69) is 23.0 Å². The Morgan fingerprint density at radius 2 is 1.59 bits per heavy atom. The molecule has 1 N–H and O–H groups in total.